The zero-order valence-corrected chi connectivity index (χ0v) is 15.0. The Morgan fingerprint density at radius 3 is 2.60 bits per heavy atom. The average molecular weight is 343 g/mol. The highest BCUT2D eigenvalue weighted by molar-refractivity contribution is 5.85. The van der Waals surface area contributed by atoms with Crippen molar-refractivity contribution in [2.45, 2.75) is 45.6 Å². The minimum absolute atomic E-state index is 0.0359. The van der Waals surface area contributed by atoms with E-state index >= 15 is 0 Å². The van der Waals surface area contributed by atoms with Crippen molar-refractivity contribution in [3.05, 3.63) is 35.9 Å². The number of carboxylic acids is 1. The molecule has 2 aromatic rings. The number of aromatic carboxylic acids is 1. The van der Waals surface area contributed by atoms with Gasteiger partial charge in [0.25, 0.3) is 0 Å². The van der Waals surface area contributed by atoms with Crippen molar-refractivity contribution in [1.29, 1.82) is 0 Å². The third kappa shape index (κ3) is 4.07. The molecule has 6 heteroatoms. The van der Waals surface area contributed by atoms with Gasteiger partial charge in [0.1, 0.15) is 17.2 Å². The van der Waals surface area contributed by atoms with Gasteiger partial charge in [-0.25, -0.2) is 14.8 Å². The molecular weight excluding hydrogens is 318 g/mol. The van der Waals surface area contributed by atoms with Gasteiger partial charge in [-0.15, -0.1) is 0 Å². The lowest BCUT2D eigenvalue weighted by molar-refractivity contribution is 0.0607. The summed E-state index contributed by atoms with van der Waals surface area (Å²) in [5.41, 5.74) is 1.25. The van der Waals surface area contributed by atoms with E-state index in [1.807, 2.05) is 6.20 Å². The van der Waals surface area contributed by atoms with Crippen LogP contribution in [-0.2, 0) is 16.7 Å². The highest BCUT2D eigenvalue weighted by Crippen LogP contribution is 2.28. The van der Waals surface area contributed by atoms with Crippen LogP contribution >= 0.6 is 0 Å². The fourth-order valence-corrected chi connectivity index (χ4v) is 3.18. The van der Waals surface area contributed by atoms with E-state index in [4.69, 9.17) is 14.8 Å². The minimum Gasteiger partial charge on any atom is -0.477 e. The first-order valence-electron chi connectivity index (χ1n) is 8.70. The van der Waals surface area contributed by atoms with E-state index in [1.54, 1.807) is 12.1 Å². The number of carboxylic acid groups (broad SMARTS) is 1. The Morgan fingerprint density at radius 1 is 1.24 bits per heavy atom. The van der Waals surface area contributed by atoms with Gasteiger partial charge < -0.3 is 14.4 Å². The molecule has 3 heterocycles. The Hall–Kier alpha value is -2.21. The Labute approximate surface area is 147 Å². The van der Waals surface area contributed by atoms with E-state index in [9.17, 15) is 4.79 Å². The molecule has 134 valence electrons. The van der Waals surface area contributed by atoms with Gasteiger partial charge in [-0.2, -0.15) is 0 Å². The zero-order valence-electron chi connectivity index (χ0n) is 15.0. The molecule has 0 radical (unpaired) electrons. The summed E-state index contributed by atoms with van der Waals surface area (Å²) in [7, 11) is 0. The molecule has 3 rings (SSSR count). The second kappa shape index (κ2) is 6.96. The predicted molar refractivity (Wildman–Crippen MR) is 94.7 cm³/mol. The number of hydrogen-bond acceptors (Lipinski definition) is 4. The van der Waals surface area contributed by atoms with Crippen molar-refractivity contribution in [3.63, 3.8) is 0 Å². The van der Waals surface area contributed by atoms with Crippen LogP contribution in [0.25, 0.3) is 11.4 Å². The maximum absolute atomic E-state index is 11.2. The number of hydrogen-bond donors (Lipinski definition) is 1. The van der Waals surface area contributed by atoms with Gasteiger partial charge in [0, 0.05) is 31.4 Å². The summed E-state index contributed by atoms with van der Waals surface area (Å²) in [6.45, 7) is 8.96. The molecule has 1 aliphatic heterocycles. The van der Waals surface area contributed by atoms with Crippen LogP contribution < -0.4 is 0 Å². The van der Waals surface area contributed by atoms with Gasteiger partial charge >= 0.3 is 5.97 Å². The van der Waals surface area contributed by atoms with Crippen LogP contribution in [0.2, 0.25) is 0 Å². The van der Waals surface area contributed by atoms with Crippen LogP contribution in [-0.4, -0.2) is 38.8 Å². The summed E-state index contributed by atoms with van der Waals surface area (Å²) in [6.07, 6.45) is 4.12. The summed E-state index contributed by atoms with van der Waals surface area (Å²) in [5, 5.41) is 9.16. The van der Waals surface area contributed by atoms with Crippen LogP contribution in [0.4, 0.5) is 0 Å². The van der Waals surface area contributed by atoms with Gasteiger partial charge in [0.2, 0.25) is 0 Å². The Bertz CT molecular complexity index is 756. The summed E-state index contributed by atoms with van der Waals surface area (Å²) >= 11 is 0. The summed E-state index contributed by atoms with van der Waals surface area (Å²) in [5.74, 6) is 0.547. The highest BCUT2D eigenvalue weighted by Gasteiger charge is 2.25. The molecule has 1 saturated heterocycles. The van der Waals surface area contributed by atoms with Gasteiger partial charge in [-0.1, -0.05) is 26.8 Å². The molecule has 0 unspecified atom stereocenters. The first-order valence-corrected chi connectivity index (χ1v) is 8.70. The number of imidazole rings is 1. The van der Waals surface area contributed by atoms with Gasteiger partial charge in [0.05, 0.1) is 5.69 Å². The van der Waals surface area contributed by atoms with E-state index in [-0.39, 0.29) is 11.1 Å². The number of nitrogens with zero attached hydrogens (tertiary/aromatic N) is 3. The lowest BCUT2D eigenvalue weighted by Crippen LogP contribution is -2.24. The van der Waals surface area contributed by atoms with Gasteiger partial charge in [0.15, 0.2) is 0 Å². The molecule has 1 fully saturated rings. The molecular formula is C19H25N3O3. The SMILES string of the molecule is CC(C)(C)c1nc(-c2cccc(C(=O)O)n2)cn1CC1CCOCC1. The predicted octanol–water partition coefficient (Wildman–Crippen LogP) is 3.37. The second-order valence-electron chi connectivity index (χ2n) is 7.62. The van der Waals surface area contributed by atoms with Crippen LogP contribution in [0.3, 0.4) is 0 Å². The molecule has 0 bridgehead atoms. The fourth-order valence-electron chi connectivity index (χ4n) is 3.18. The van der Waals surface area contributed by atoms with E-state index < -0.39 is 5.97 Å². The first-order chi connectivity index (χ1) is 11.8. The fraction of sp³-hybridized carbons (Fsp3) is 0.526. The first kappa shape index (κ1) is 17.6. The standard InChI is InChI=1S/C19H25N3O3/c1-19(2,3)18-21-16(14-5-4-6-15(20-14)17(23)24)12-22(18)11-13-7-9-25-10-8-13/h4-6,12-13H,7-11H2,1-3H3,(H,23,24). The smallest absolute Gasteiger partial charge is 0.354 e. The van der Waals surface area contributed by atoms with E-state index in [0.29, 0.717) is 11.6 Å². The number of pyridine rings is 1. The molecule has 0 aliphatic carbocycles. The Balaban J connectivity index is 1.95. The molecule has 1 aliphatic rings. The lowest BCUT2D eigenvalue weighted by atomic mass is 9.94. The van der Waals surface area contributed by atoms with Crippen LogP contribution in [0, 0.1) is 5.92 Å². The Morgan fingerprint density at radius 2 is 1.96 bits per heavy atom. The number of aromatic nitrogens is 3. The quantitative estimate of drug-likeness (QED) is 0.921. The maximum Gasteiger partial charge on any atom is 0.354 e. The molecule has 0 amide bonds. The van der Waals surface area contributed by atoms with Crippen molar-refractivity contribution >= 4 is 5.97 Å². The zero-order chi connectivity index (χ0) is 18.0. The van der Waals surface area contributed by atoms with Crippen molar-refractivity contribution in [3.8, 4) is 11.4 Å². The third-order valence-electron chi connectivity index (χ3n) is 4.47. The number of ether oxygens (including phenoxy) is 1. The van der Waals surface area contributed by atoms with Gasteiger partial charge in [-0.05, 0) is 30.9 Å². The van der Waals surface area contributed by atoms with Gasteiger partial charge in [-0.3, -0.25) is 0 Å². The molecule has 6 nitrogen and oxygen atoms in total. The molecule has 0 atom stereocenters. The molecule has 0 aromatic carbocycles. The highest BCUT2D eigenvalue weighted by atomic mass is 16.5. The van der Waals surface area contributed by atoms with E-state index in [2.05, 4.69) is 30.3 Å². The molecule has 2 aromatic heterocycles. The normalized spacial score (nSPS) is 16.1. The molecule has 25 heavy (non-hydrogen) atoms. The topological polar surface area (TPSA) is 77.2 Å². The summed E-state index contributed by atoms with van der Waals surface area (Å²) in [4.78, 5) is 20.2. The van der Waals surface area contributed by atoms with Crippen molar-refractivity contribution in [2.24, 2.45) is 5.92 Å². The maximum atomic E-state index is 11.2. The summed E-state index contributed by atoms with van der Waals surface area (Å²) in [6, 6.07) is 5.01. The van der Waals surface area contributed by atoms with Crippen molar-refractivity contribution < 1.29 is 14.6 Å². The van der Waals surface area contributed by atoms with Crippen molar-refractivity contribution in [2.75, 3.05) is 13.2 Å². The molecule has 1 N–H and O–H groups in total. The monoisotopic (exact) mass is 343 g/mol. The molecule has 0 spiro atoms. The minimum atomic E-state index is -1.03. The summed E-state index contributed by atoms with van der Waals surface area (Å²) < 4.78 is 7.66. The third-order valence-corrected chi connectivity index (χ3v) is 4.47. The largest absolute Gasteiger partial charge is 0.477 e. The lowest BCUT2D eigenvalue weighted by Gasteiger charge is -2.25. The molecule has 0 saturated carbocycles. The Kier molecular flexibility index (Phi) is 4.90. The number of rotatable bonds is 4. The van der Waals surface area contributed by atoms with E-state index in [0.717, 1.165) is 44.1 Å². The second-order valence-corrected chi connectivity index (χ2v) is 7.62. The average Bonchev–Trinajstić information content (AvgIpc) is 3.00. The number of carbonyl (C=O) groups is 1. The van der Waals surface area contributed by atoms with Crippen LogP contribution in [0.5, 0.6) is 0 Å². The van der Waals surface area contributed by atoms with Crippen LogP contribution in [0.1, 0.15) is 49.9 Å². The van der Waals surface area contributed by atoms with Crippen molar-refractivity contribution in [1.82, 2.24) is 14.5 Å². The van der Waals surface area contributed by atoms with E-state index in [1.165, 1.54) is 6.07 Å². The van der Waals surface area contributed by atoms with Crippen LogP contribution in [0.15, 0.2) is 24.4 Å².